The minimum absolute atomic E-state index is 0.0241. The fourth-order valence-corrected chi connectivity index (χ4v) is 2.01. The van der Waals surface area contributed by atoms with E-state index in [4.69, 9.17) is 0 Å². The van der Waals surface area contributed by atoms with Gasteiger partial charge in [0.05, 0.1) is 20.1 Å². The molecule has 6 nitrogen and oxygen atoms in total. The molecule has 6 heteroatoms. The molecule has 2 heterocycles. The topological polar surface area (TPSA) is 76.6 Å². The lowest BCUT2D eigenvalue weighted by Gasteiger charge is -2.14. The largest absolute Gasteiger partial charge is 0.468 e. The van der Waals surface area contributed by atoms with E-state index in [0.717, 1.165) is 5.56 Å². The van der Waals surface area contributed by atoms with Gasteiger partial charge in [-0.3, -0.25) is 19.4 Å². The van der Waals surface area contributed by atoms with Crippen molar-refractivity contribution in [3.8, 4) is 0 Å². The van der Waals surface area contributed by atoms with Gasteiger partial charge in [-0.05, 0) is 17.7 Å². The molecule has 0 bridgehead atoms. The van der Waals surface area contributed by atoms with Crippen LogP contribution in [0.1, 0.15) is 5.56 Å². The Balaban J connectivity index is 1.98. The summed E-state index contributed by atoms with van der Waals surface area (Å²) in [6.45, 7) is 0.0824. The van der Waals surface area contributed by atoms with Crippen molar-refractivity contribution < 1.29 is 19.1 Å². The van der Waals surface area contributed by atoms with Crippen LogP contribution in [0.15, 0.2) is 24.5 Å². The molecule has 2 rings (SSSR count). The second-order valence-corrected chi connectivity index (χ2v) is 4.35. The smallest absolute Gasteiger partial charge is 0.318 e. The van der Waals surface area contributed by atoms with Crippen molar-refractivity contribution in [1.29, 1.82) is 0 Å². The van der Waals surface area contributed by atoms with Crippen LogP contribution < -0.4 is 0 Å². The molecule has 0 aromatic carbocycles. The van der Waals surface area contributed by atoms with E-state index >= 15 is 0 Å². The number of pyridine rings is 1. The zero-order valence-electron chi connectivity index (χ0n) is 10.5. The number of rotatable bonds is 3. The summed E-state index contributed by atoms with van der Waals surface area (Å²) < 4.78 is 4.54. The quantitative estimate of drug-likeness (QED) is 0.558. The lowest BCUT2D eigenvalue weighted by Crippen LogP contribution is -2.31. The first-order valence-electron chi connectivity index (χ1n) is 5.89. The first-order chi connectivity index (χ1) is 9.11. The summed E-state index contributed by atoms with van der Waals surface area (Å²) >= 11 is 0. The van der Waals surface area contributed by atoms with Crippen LogP contribution in [0.4, 0.5) is 0 Å². The highest BCUT2D eigenvalue weighted by Crippen LogP contribution is 2.15. The number of aromatic nitrogens is 1. The van der Waals surface area contributed by atoms with Gasteiger partial charge in [0.15, 0.2) is 5.78 Å². The second-order valence-electron chi connectivity index (χ2n) is 4.35. The molecule has 0 N–H and O–H groups in total. The highest BCUT2D eigenvalue weighted by atomic mass is 16.5. The molecule has 1 aliphatic heterocycles. The van der Waals surface area contributed by atoms with E-state index in [0.29, 0.717) is 0 Å². The van der Waals surface area contributed by atoms with E-state index in [2.05, 4.69) is 9.72 Å². The molecular weight excluding hydrogens is 248 g/mol. The maximum Gasteiger partial charge on any atom is 0.318 e. The molecule has 1 unspecified atom stereocenters. The predicted octanol–water partition coefficient (Wildman–Crippen LogP) is -0.175. The van der Waals surface area contributed by atoms with Gasteiger partial charge < -0.3 is 9.64 Å². The first kappa shape index (κ1) is 13.2. The van der Waals surface area contributed by atoms with Gasteiger partial charge in [0, 0.05) is 18.9 Å². The van der Waals surface area contributed by atoms with Gasteiger partial charge in [0.1, 0.15) is 5.92 Å². The normalized spacial score (nSPS) is 18.5. The minimum atomic E-state index is -0.841. The van der Waals surface area contributed by atoms with Crippen LogP contribution in [0.25, 0.3) is 0 Å². The fraction of sp³-hybridized carbons (Fsp3) is 0.385. The van der Waals surface area contributed by atoms with Crippen LogP contribution >= 0.6 is 0 Å². The Morgan fingerprint density at radius 1 is 1.42 bits per heavy atom. The molecule has 100 valence electrons. The molecule has 1 saturated heterocycles. The molecule has 1 amide bonds. The van der Waals surface area contributed by atoms with Crippen LogP contribution in [0.5, 0.6) is 0 Å². The summed E-state index contributed by atoms with van der Waals surface area (Å²) in [5.41, 5.74) is 0.828. The third-order valence-corrected chi connectivity index (χ3v) is 3.08. The average molecular weight is 262 g/mol. The van der Waals surface area contributed by atoms with Crippen molar-refractivity contribution >= 4 is 17.7 Å². The SMILES string of the molecule is COC(=O)C1CN(C(=O)Cc2ccncc2)CC1=O. The van der Waals surface area contributed by atoms with Crippen LogP contribution in [-0.4, -0.2) is 47.7 Å². The van der Waals surface area contributed by atoms with Gasteiger partial charge in [-0.25, -0.2) is 0 Å². The highest BCUT2D eigenvalue weighted by Gasteiger charge is 2.38. The Morgan fingerprint density at radius 3 is 2.74 bits per heavy atom. The van der Waals surface area contributed by atoms with Crippen molar-refractivity contribution in [2.75, 3.05) is 20.2 Å². The van der Waals surface area contributed by atoms with Gasteiger partial charge in [0.2, 0.25) is 5.91 Å². The molecule has 1 aliphatic rings. The van der Waals surface area contributed by atoms with Gasteiger partial charge in [-0.15, -0.1) is 0 Å². The lowest BCUT2D eigenvalue weighted by atomic mass is 10.1. The highest BCUT2D eigenvalue weighted by molar-refractivity contribution is 6.04. The number of esters is 1. The van der Waals surface area contributed by atoms with Crippen molar-refractivity contribution in [2.24, 2.45) is 5.92 Å². The van der Waals surface area contributed by atoms with E-state index in [-0.39, 0.29) is 31.2 Å². The van der Waals surface area contributed by atoms with E-state index < -0.39 is 11.9 Å². The fourth-order valence-electron chi connectivity index (χ4n) is 2.01. The molecule has 0 spiro atoms. The molecule has 1 aromatic rings. The summed E-state index contributed by atoms with van der Waals surface area (Å²) in [5, 5.41) is 0. The molecule has 0 radical (unpaired) electrons. The average Bonchev–Trinajstić information content (AvgIpc) is 2.81. The molecule has 19 heavy (non-hydrogen) atoms. The summed E-state index contributed by atoms with van der Waals surface area (Å²) in [6.07, 6.45) is 3.41. The van der Waals surface area contributed by atoms with Crippen molar-refractivity contribution in [3.63, 3.8) is 0 Å². The van der Waals surface area contributed by atoms with E-state index in [9.17, 15) is 14.4 Å². The van der Waals surface area contributed by atoms with Crippen LogP contribution in [-0.2, 0) is 25.5 Å². The van der Waals surface area contributed by atoms with Gasteiger partial charge in [0.25, 0.3) is 0 Å². The predicted molar refractivity (Wildman–Crippen MR) is 65.0 cm³/mol. The standard InChI is InChI=1S/C13H14N2O4/c1-19-13(18)10-7-15(8-11(10)16)12(17)6-9-2-4-14-5-3-9/h2-5,10H,6-8H2,1H3. The number of likely N-dealkylation sites (tertiary alicyclic amines) is 1. The Hall–Kier alpha value is -2.24. The Labute approximate surface area is 110 Å². The number of nitrogens with zero attached hydrogens (tertiary/aromatic N) is 2. The third kappa shape index (κ3) is 2.96. The lowest BCUT2D eigenvalue weighted by molar-refractivity contribution is -0.147. The summed E-state index contributed by atoms with van der Waals surface area (Å²) in [4.78, 5) is 40.3. The Kier molecular flexibility index (Phi) is 3.89. The van der Waals surface area contributed by atoms with Crippen molar-refractivity contribution in [2.45, 2.75) is 6.42 Å². The zero-order valence-corrected chi connectivity index (χ0v) is 10.5. The third-order valence-electron chi connectivity index (χ3n) is 3.08. The second kappa shape index (κ2) is 5.60. The van der Waals surface area contributed by atoms with Crippen LogP contribution in [0.3, 0.4) is 0 Å². The van der Waals surface area contributed by atoms with E-state index in [1.54, 1.807) is 24.5 Å². The minimum Gasteiger partial charge on any atom is -0.468 e. The molecule has 1 atom stereocenters. The maximum atomic E-state index is 12.0. The number of Topliss-reactive ketones (excluding diaryl/α,β-unsaturated/α-hetero) is 1. The maximum absolute atomic E-state index is 12.0. The van der Waals surface area contributed by atoms with Crippen LogP contribution in [0, 0.1) is 5.92 Å². The number of ether oxygens (including phenoxy) is 1. The van der Waals surface area contributed by atoms with Gasteiger partial charge >= 0.3 is 5.97 Å². The Bertz CT molecular complexity index is 501. The van der Waals surface area contributed by atoms with Crippen molar-refractivity contribution in [3.05, 3.63) is 30.1 Å². The molecule has 1 aromatic heterocycles. The number of hydrogen-bond acceptors (Lipinski definition) is 5. The summed E-state index contributed by atoms with van der Waals surface area (Å²) in [7, 11) is 1.23. The molecule has 0 aliphatic carbocycles. The number of carbonyl (C=O) groups excluding carboxylic acids is 3. The zero-order chi connectivity index (χ0) is 13.8. The summed E-state index contributed by atoms with van der Waals surface area (Å²) in [5.74, 6) is -1.86. The molecular formula is C13H14N2O4. The number of carbonyl (C=O) groups is 3. The van der Waals surface area contributed by atoms with Gasteiger partial charge in [-0.2, -0.15) is 0 Å². The summed E-state index contributed by atoms with van der Waals surface area (Å²) in [6, 6.07) is 3.49. The number of ketones is 1. The molecule has 0 saturated carbocycles. The molecule has 1 fully saturated rings. The van der Waals surface area contributed by atoms with Crippen LogP contribution in [0.2, 0.25) is 0 Å². The Morgan fingerprint density at radius 2 is 2.11 bits per heavy atom. The van der Waals surface area contributed by atoms with E-state index in [1.807, 2.05) is 0 Å². The number of methoxy groups -OCH3 is 1. The number of hydrogen-bond donors (Lipinski definition) is 0. The van der Waals surface area contributed by atoms with Gasteiger partial charge in [-0.1, -0.05) is 0 Å². The van der Waals surface area contributed by atoms with Crippen molar-refractivity contribution in [1.82, 2.24) is 9.88 Å². The number of amides is 1. The van der Waals surface area contributed by atoms with E-state index in [1.165, 1.54) is 12.0 Å². The first-order valence-corrected chi connectivity index (χ1v) is 5.89. The monoisotopic (exact) mass is 262 g/mol.